The molecule has 0 saturated heterocycles. The van der Waals surface area contributed by atoms with Crippen molar-refractivity contribution in [1.29, 1.82) is 0 Å². The minimum absolute atomic E-state index is 0.0104. The Kier molecular flexibility index (Phi) is 15.7. The summed E-state index contributed by atoms with van der Waals surface area (Å²) in [5.74, 6) is -1.46. The first kappa shape index (κ1) is 49.6. The van der Waals surface area contributed by atoms with Crippen LogP contribution in [0.5, 0.6) is 23.0 Å². The molecule has 4 atom stereocenters. The number of hydrogen-bond donors (Lipinski definition) is 1. The van der Waals surface area contributed by atoms with E-state index in [0.29, 0.717) is 17.9 Å². The van der Waals surface area contributed by atoms with Crippen molar-refractivity contribution in [1.82, 2.24) is 5.32 Å². The Bertz CT molecular complexity index is 3160. The Morgan fingerprint density at radius 3 is 1.41 bits per heavy atom. The first-order valence-corrected chi connectivity index (χ1v) is 25.2. The highest BCUT2D eigenvalue weighted by Gasteiger charge is 2.50. The minimum atomic E-state index is -0.747. The molecule has 0 aromatic heterocycles. The normalized spacial score (nSPS) is 16.3. The van der Waals surface area contributed by atoms with Gasteiger partial charge in [-0.05, 0) is 107 Å². The predicted molar refractivity (Wildman–Crippen MR) is 283 cm³/mol. The van der Waals surface area contributed by atoms with Crippen LogP contribution in [0, 0.1) is 11.8 Å². The number of fused-ring (bicyclic) bond motifs is 2. The first-order valence-electron chi connectivity index (χ1n) is 25.2. The van der Waals surface area contributed by atoms with Crippen molar-refractivity contribution >= 4 is 23.6 Å². The average molecular weight is 998 g/mol. The fourth-order valence-corrected chi connectivity index (χ4v) is 9.82. The van der Waals surface area contributed by atoms with Gasteiger partial charge in [-0.2, -0.15) is 0 Å². The van der Waals surface area contributed by atoms with Crippen LogP contribution in [0.4, 0.5) is 0 Å². The second-order valence-electron chi connectivity index (χ2n) is 18.7. The summed E-state index contributed by atoms with van der Waals surface area (Å²) in [6.45, 7) is 0.467. The highest BCUT2D eigenvalue weighted by atomic mass is 16.5. The van der Waals surface area contributed by atoms with E-state index in [1.165, 1.54) is 18.2 Å². The molecule has 11 heteroatoms. The maximum Gasteiger partial charge on any atom is 0.339 e. The molecule has 75 heavy (non-hydrogen) atoms. The van der Waals surface area contributed by atoms with E-state index in [4.69, 9.17) is 28.4 Å². The number of carbonyl (C=O) groups excluding carboxylic acids is 4. The Balaban J connectivity index is 0.984. The summed E-state index contributed by atoms with van der Waals surface area (Å²) >= 11 is 0. The van der Waals surface area contributed by atoms with Crippen LogP contribution in [0.15, 0.2) is 206 Å². The summed E-state index contributed by atoms with van der Waals surface area (Å²) in [5, 5.41) is 3.21. The van der Waals surface area contributed by atoms with Gasteiger partial charge in [0, 0.05) is 5.56 Å². The smallest absolute Gasteiger partial charge is 0.339 e. The van der Waals surface area contributed by atoms with E-state index in [1.807, 2.05) is 152 Å². The summed E-state index contributed by atoms with van der Waals surface area (Å²) < 4.78 is 37.8. The van der Waals surface area contributed by atoms with E-state index in [2.05, 4.69) is 5.32 Å². The van der Waals surface area contributed by atoms with E-state index in [1.54, 1.807) is 36.4 Å². The van der Waals surface area contributed by atoms with E-state index in [-0.39, 0.29) is 83.7 Å². The van der Waals surface area contributed by atoms with Crippen LogP contribution in [-0.2, 0) is 42.5 Å². The summed E-state index contributed by atoms with van der Waals surface area (Å²) in [6.07, 6.45) is 1.89. The molecule has 2 aliphatic carbocycles. The molecule has 10 rings (SSSR count). The number of rotatable bonds is 21. The van der Waals surface area contributed by atoms with Gasteiger partial charge in [-0.25, -0.2) is 9.59 Å². The van der Waals surface area contributed by atoms with Gasteiger partial charge in [0.15, 0.2) is 0 Å². The molecule has 8 aromatic rings. The summed E-state index contributed by atoms with van der Waals surface area (Å²) in [7, 11) is 0. The van der Waals surface area contributed by atoms with Crippen LogP contribution >= 0.6 is 0 Å². The zero-order valence-electron chi connectivity index (χ0n) is 41.2. The lowest BCUT2D eigenvalue weighted by molar-refractivity contribution is 0.00496. The maximum absolute atomic E-state index is 15.8. The van der Waals surface area contributed by atoms with Gasteiger partial charge >= 0.3 is 11.9 Å². The number of hydrogen-bond acceptors (Lipinski definition) is 10. The van der Waals surface area contributed by atoms with Crippen LogP contribution in [0.3, 0.4) is 0 Å². The third-order valence-electron chi connectivity index (χ3n) is 13.7. The van der Waals surface area contributed by atoms with Gasteiger partial charge in [-0.15, -0.1) is 0 Å². The van der Waals surface area contributed by atoms with E-state index >= 15 is 4.79 Å². The van der Waals surface area contributed by atoms with Crippen molar-refractivity contribution in [2.45, 2.75) is 64.4 Å². The van der Waals surface area contributed by atoms with Crippen LogP contribution in [-0.4, -0.2) is 35.8 Å². The van der Waals surface area contributed by atoms with Crippen molar-refractivity contribution in [2.75, 3.05) is 0 Å². The highest BCUT2D eigenvalue weighted by molar-refractivity contribution is 6.19. The Morgan fingerprint density at radius 1 is 0.427 bits per heavy atom. The molecule has 2 bridgehead atoms. The van der Waals surface area contributed by atoms with Gasteiger partial charge in [0.2, 0.25) is 5.78 Å². The monoisotopic (exact) mass is 997 g/mol. The van der Waals surface area contributed by atoms with Crippen LogP contribution in [0.25, 0.3) is 0 Å². The number of esters is 2. The zero-order valence-corrected chi connectivity index (χ0v) is 41.2. The molecule has 376 valence electrons. The number of benzene rings is 8. The SMILES string of the molecule is O=C(NC1C2CCC(C2)C1OC(=O)c1cc(OCc2ccccc2)c(C(=O)c2c(OCc3ccccc3)cccc2C(=O)OCc2ccccc2)c(OCc2ccccc2)c1)c1ccc(OCc2ccccc2)cc1. The summed E-state index contributed by atoms with van der Waals surface area (Å²) in [4.78, 5) is 58.6. The standard InChI is InChI=1S/C64H55NO10/c66-60(57-53(64(69)74-42-47-25-14-5-15-26-47)27-16-28-54(57)71-39-44-19-8-2-9-20-44)58-55(72-40-45-21-10-3-11-22-45)36-51(37-56(58)73-41-46-23-12-4-13-24-46)63(68)75-61-50-30-29-49(35-50)59(61)65-62(67)48-31-33-52(34-32-48)70-38-43-17-6-1-7-18-43/h1-28,31-34,36-37,49-50,59,61H,29-30,35,38-42H2,(H,65,67). The quantitative estimate of drug-likeness (QED) is 0.0547. The van der Waals surface area contributed by atoms with Gasteiger partial charge in [0.25, 0.3) is 5.91 Å². The molecule has 2 fully saturated rings. The lowest BCUT2D eigenvalue weighted by Crippen LogP contribution is -2.48. The molecule has 0 radical (unpaired) electrons. The fourth-order valence-electron chi connectivity index (χ4n) is 9.82. The van der Waals surface area contributed by atoms with Crippen LogP contribution in [0.2, 0.25) is 0 Å². The van der Waals surface area contributed by atoms with Crippen molar-refractivity contribution in [2.24, 2.45) is 11.8 Å². The molecule has 4 unspecified atom stereocenters. The molecule has 0 aliphatic heterocycles. The van der Waals surface area contributed by atoms with Crippen molar-refractivity contribution < 1.29 is 47.6 Å². The topological polar surface area (TPSA) is 136 Å². The molecule has 0 spiro atoms. The summed E-state index contributed by atoms with van der Waals surface area (Å²) in [6, 6.07) is 61.7. The van der Waals surface area contributed by atoms with E-state index in [0.717, 1.165) is 47.1 Å². The lowest BCUT2D eigenvalue weighted by Gasteiger charge is -2.31. The van der Waals surface area contributed by atoms with Gasteiger partial charge < -0.3 is 33.7 Å². The largest absolute Gasteiger partial charge is 0.489 e. The molecule has 1 amide bonds. The van der Waals surface area contributed by atoms with Crippen LogP contribution in [0.1, 0.15) is 94.1 Å². The van der Waals surface area contributed by atoms with Gasteiger partial charge in [0.05, 0.1) is 22.7 Å². The fraction of sp³-hybridized carbons (Fsp3) is 0.188. The molecule has 0 heterocycles. The predicted octanol–water partition coefficient (Wildman–Crippen LogP) is 12.3. The zero-order chi connectivity index (χ0) is 51.3. The van der Waals surface area contributed by atoms with Crippen molar-refractivity contribution in [3.8, 4) is 23.0 Å². The number of amides is 1. The van der Waals surface area contributed by atoms with Gasteiger partial charge in [-0.1, -0.05) is 158 Å². The molecular formula is C64H55NO10. The second-order valence-corrected chi connectivity index (χ2v) is 18.7. The molecule has 8 aromatic carbocycles. The van der Waals surface area contributed by atoms with E-state index < -0.39 is 29.9 Å². The third kappa shape index (κ3) is 12.3. The summed E-state index contributed by atoms with van der Waals surface area (Å²) in [5.41, 5.74) is 4.58. The Hall–Kier alpha value is -8.96. The first-order chi connectivity index (χ1) is 36.8. The Labute approximate surface area is 436 Å². The number of ether oxygens (including phenoxy) is 6. The lowest BCUT2D eigenvalue weighted by atomic mass is 9.92. The number of carbonyl (C=O) groups is 4. The van der Waals surface area contributed by atoms with Crippen molar-refractivity contribution in [3.63, 3.8) is 0 Å². The van der Waals surface area contributed by atoms with Crippen LogP contribution < -0.4 is 24.3 Å². The third-order valence-corrected chi connectivity index (χ3v) is 13.7. The van der Waals surface area contributed by atoms with E-state index in [9.17, 15) is 14.4 Å². The molecule has 11 nitrogen and oxygen atoms in total. The molecule has 2 saturated carbocycles. The van der Waals surface area contributed by atoms with Gasteiger partial charge in [-0.3, -0.25) is 9.59 Å². The van der Waals surface area contributed by atoms with Gasteiger partial charge in [0.1, 0.15) is 67.7 Å². The molecule has 2 aliphatic rings. The number of ketones is 1. The average Bonchev–Trinajstić information content (AvgIpc) is 4.08. The molecule has 1 N–H and O–H groups in total. The van der Waals surface area contributed by atoms with Crippen molar-refractivity contribution in [3.05, 3.63) is 262 Å². The molecular weight excluding hydrogens is 943 g/mol. The Morgan fingerprint density at radius 2 is 0.893 bits per heavy atom. The number of nitrogens with one attached hydrogen (secondary N) is 1. The maximum atomic E-state index is 15.8. The minimum Gasteiger partial charge on any atom is -0.489 e. The second kappa shape index (κ2) is 23.7. The highest BCUT2D eigenvalue weighted by Crippen LogP contribution is 2.47.